The molecule has 102 valence electrons. The Kier molecular flexibility index (Phi) is 4.10. The number of carbonyl (C=O) groups is 1. The van der Waals surface area contributed by atoms with Crippen LogP contribution in [0.25, 0.3) is 11.1 Å². The van der Waals surface area contributed by atoms with Gasteiger partial charge in [0.15, 0.2) is 0 Å². The minimum atomic E-state index is -0.437. The standard InChI is InChI=1S/C15H13NO4/c1-2-20-15(17)13-5-3-11(4-6-13)12-7-9-14(10-8-12)16(18)19/h3-10H,2H2,1H3. The van der Waals surface area contributed by atoms with Crippen LogP contribution in [0.4, 0.5) is 5.69 Å². The van der Waals surface area contributed by atoms with Crippen molar-refractivity contribution in [3.05, 3.63) is 64.2 Å². The Bertz CT molecular complexity index is 617. The molecule has 0 aliphatic rings. The van der Waals surface area contributed by atoms with Gasteiger partial charge in [0.25, 0.3) is 5.69 Å². The summed E-state index contributed by atoms with van der Waals surface area (Å²) >= 11 is 0. The molecule has 0 amide bonds. The lowest BCUT2D eigenvalue weighted by atomic mass is 10.0. The second kappa shape index (κ2) is 5.97. The Labute approximate surface area is 116 Å². The molecule has 5 heteroatoms. The molecule has 0 saturated heterocycles. The number of hydrogen-bond acceptors (Lipinski definition) is 4. The number of rotatable bonds is 4. The third-order valence-electron chi connectivity index (χ3n) is 2.81. The van der Waals surface area contributed by atoms with E-state index in [9.17, 15) is 14.9 Å². The molecule has 0 radical (unpaired) electrons. The molecule has 0 fully saturated rings. The molecule has 0 aliphatic heterocycles. The van der Waals surface area contributed by atoms with Crippen molar-refractivity contribution < 1.29 is 14.5 Å². The molecule has 2 rings (SSSR count). The van der Waals surface area contributed by atoms with E-state index in [1.165, 1.54) is 12.1 Å². The van der Waals surface area contributed by atoms with E-state index in [0.29, 0.717) is 12.2 Å². The summed E-state index contributed by atoms with van der Waals surface area (Å²) in [7, 11) is 0. The van der Waals surface area contributed by atoms with Crippen molar-refractivity contribution >= 4 is 11.7 Å². The number of ether oxygens (including phenoxy) is 1. The minimum absolute atomic E-state index is 0.0527. The van der Waals surface area contributed by atoms with E-state index in [0.717, 1.165) is 11.1 Å². The molecule has 2 aromatic rings. The number of nitro benzene ring substituents is 1. The number of benzene rings is 2. The van der Waals surface area contributed by atoms with Crippen molar-refractivity contribution in [1.29, 1.82) is 0 Å². The number of carbonyl (C=O) groups excluding carboxylic acids is 1. The van der Waals surface area contributed by atoms with E-state index < -0.39 is 4.92 Å². The SMILES string of the molecule is CCOC(=O)c1ccc(-c2ccc([N+](=O)[O-])cc2)cc1. The first kappa shape index (κ1) is 13.7. The van der Waals surface area contributed by atoms with Gasteiger partial charge in [-0.3, -0.25) is 10.1 Å². The molecule has 0 atom stereocenters. The van der Waals surface area contributed by atoms with E-state index in [1.54, 1.807) is 43.3 Å². The Morgan fingerprint density at radius 1 is 1.05 bits per heavy atom. The topological polar surface area (TPSA) is 69.4 Å². The Balaban J connectivity index is 2.21. The smallest absolute Gasteiger partial charge is 0.338 e. The molecule has 2 aromatic carbocycles. The molecule has 0 bridgehead atoms. The van der Waals surface area contributed by atoms with Gasteiger partial charge in [0, 0.05) is 12.1 Å². The van der Waals surface area contributed by atoms with Crippen LogP contribution < -0.4 is 0 Å². The van der Waals surface area contributed by atoms with Crippen molar-refractivity contribution in [3.63, 3.8) is 0 Å². The maximum absolute atomic E-state index is 11.5. The molecular formula is C15H13NO4. The molecule has 0 unspecified atom stereocenters. The van der Waals surface area contributed by atoms with Crippen molar-refractivity contribution in [2.75, 3.05) is 6.61 Å². The highest BCUT2D eigenvalue weighted by molar-refractivity contribution is 5.90. The van der Waals surface area contributed by atoms with Crippen LogP contribution in [-0.4, -0.2) is 17.5 Å². The summed E-state index contributed by atoms with van der Waals surface area (Å²) in [5.41, 5.74) is 2.27. The van der Waals surface area contributed by atoms with Gasteiger partial charge in [-0.05, 0) is 42.3 Å². The van der Waals surface area contributed by atoms with E-state index in [4.69, 9.17) is 4.74 Å². The average Bonchev–Trinajstić information content (AvgIpc) is 2.48. The third kappa shape index (κ3) is 3.00. The third-order valence-corrected chi connectivity index (χ3v) is 2.81. The fourth-order valence-electron chi connectivity index (χ4n) is 1.79. The number of esters is 1. The Morgan fingerprint density at radius 2 is 1.55 bits per heavy atom. The van der Waals surface area contributed by atoms with Gasteiger partial charge in [-0.2, -0.15) is 0 Å². The fraction of sp³-hybridized carbons (Fsp3) is 0.133. The fourth-order valence-corrected chi connectivity index (χ4v) is 1.79. The normalized spacial score (nSPS) is 10.1. The second-order valence-corrected chi connectivity index (χ2v) is 4.10. The molecule has 0 N–H and O–H groups in total. The summed E-state index contributed by atoms with van der Waals surface area (Å²) in [6, 6.07) is 13.2. The van der Waals surface area contributed by atoms with Crippen LogP contribution in [0.5, 0.6) is 0 Å². The Morgan fingerprint density at radius 3 is 2.00 bits per heavy atom. The first-order valence-electron chi connectivity index (χ1n) is 6.14. The van der Waals surface area contributed by atoms with Crippen molar-refractivity contribution in [3.8, 4) is 11.1 Å². The zero-order chi connectivity index (χ0) is 14.5. The summed E-state index contributed by atoms with van der Waals surface area (Å²) in [6.45, 7) is 2.09. The van der Waals surface area contributed by atoms with Crippen LogP contribution in [0.3, 0.4) is 0 Å². The number of hydrogen-bond donors (Lipinski definition) is 0. The first-order valence-corrected chi connectivity index (χ1v) is 6.14. The molecule has 0 aliphatic carbocycles. The minimum Gasteiger partial charge on any atom is -0.462 e. The lowest BCUT2D eigenvalue weighted by Crippen LogP contribution is -2.03. The monoisotopic (exact) mass is 271 g/mol. The summed E-state index contributed by atoms with van der Waals surface area (Å²) in [4.78, 5) is 21.7. The van der Waals surface area contributed by atoms with Crippen molar-refractivity contribution in [2.45, 2.75) is 6.92 Å². The number of nitro groups is 1. The lowest BCUT2D eigenvalue weighted by molar-refractivity contribution is -0.384. The Hall–Kier alpha value is -2.69. The van der Waals surface area contributed by atoms with Crippen molar-refractivity contribution in [2.24, 2.45) is 0 Å². The molecule has 0 saturated carbocycles. The highest BCUT2D eigenvalue weighted by atomic mass is 16.6. The zero-order valence-corrected chi connectivity index (χ0v) is 10.9. The lowest BCUT2D eigenvalue weighted by Gasteiger charge is -2.04. The maximum atomic E-state index is 11.5. The number of non-ortho nitro benzene ring substituents is 1. The maximum Gasteiger partial charge on any atom is 0.338 e. The van der Waals surface area contributed by atoms with Gasteiger partial charge in [0.05, 0.1) is 17.1 Å². The zero-order valence-electron chi connectivity index (χ0n) is 10.9. The van der Waals surface area contributed by atoms with Crippen LogP contribution in [0.1, 0.15) is 17.3 Å². The van der Waals surface area contributed by atoms with Crippen molar-refractivity contribution in [1.82, 2.24) is 0 Å². The van der Waals surface area contributed by atoms with E-state index >= 15 is 0 Å². The van der Waals surface area contributed by atoms with Crippen LogP contribution in [-0.2, 0) is 4.74 Å². The first-order chi connectivity index (χ1) is 9.61. The molecule has 0 aromatic heterocycles. The van der Waals surface area contributed by atoms with Gasteiger partial charge in [0.2, 0.25) is 0 Å². The number of nitrogens with zero attached hydrogens (tertiary/aromatic N) is 1. The molecular weight excluding hydrogens is 258 g/mol. The van der Waals surface area contributed by atoms with Gasteiger partial charge in [-0.15, -0.1) is 0 Å². The van der Waals surface area contributed by atoms with Gasteiger partial charge in [-0.25, -0.2) is 4.79 Å². The van der Waals surface area contributed by atoms with Crippen LogP contribution in [0, 0.1) is 10.1 Å². The largest absolute Gasteiger partial charge is 0.462 e. The predicted octanol–water partition coefficient (Wildman–Crippen LogP) is 3.44. The summed E-state index contributed by atoms with van der Waals surface area (Å²) in [6.07, 6.45) is 0. The molecule has 0 spiro atoms. The summed E-state index contributed by atoms with van der Waals surface area (Å²) < 4.78 is 4.90. The van der Waals surface area contributed by atoms with Crippen LogP contribution >= 0.6 is 0 Å². The van der Waals surface area contributed by atoms with Gasteiger partial charge in [0.1, 0.15) is 0 Å². The predicted molar refractivity (Wildman–Crippen MR) is 74.5 cm³/mol. The summed E-state index contributed by atoms with van der Waals surface area (Å²) in [5, 5.41) is 10.6. The van der Waals surface area contributed by atoms with Gasteiger partial charge in [-0.1, -0.05) is 12.1 Å². The van der Waals surface area contributed by atoms with Crippen LogP contribution in [0.2, 0.25) is 0 Å². The second-order valence-electron chi connectivity index (χ2n) is 4.10. The van der Waals surface area contributed by atoms with Crippen LogP contribution in [0.15, 0.2) is 48.5 Å². The highest BCUT2D eigenvalue weighted by Crippen LogP contribution is 2.22. The molecule has 5 nitrogen and oxygen atoms in total. The molecule has 20 heavy (non-hydrogen) atoms. The quantitative estimate of drug-likeness (QED) is 0.485. The van der Waals surface area contributed by atoms with E-state index in [2.05, 4.69) is 0 Å². The average molecular weight is 271 g/mol. The van der Waals surface area contributed by atoms with Gasteiger partial charge < -0.3 is 4.74 Å². The van der Waals surface area contributed by atoms with Gasteiger partial charge >= 0.3 is 5.97 Å². The van der Waals surface area contributed by atoms with E-state index in [1.807, 2.05) is 0 Å². The highest BCUT2D eigenvalue weighted by Gasteiger charge is 2.08. The summed E-state index contributed by atoms with van der Waals surface area (Å²) in [5.74, 6) is -0.359. The molecule has 0 heterocycles. The van der Waals surface area contributed by atoms with E-state index in [-0.39, 0.29) is 11.7 Å².